The van der Waals surface area contributed by atoms with Crippen molar-refractivity contribution in [3.05, 3.63) is 53.6 Å². The molecule has 1 fully saturated rings. The Labute approximate surface area is 202 Å². The second-order valence-corrected chi connectivity index (χ2v) is 7.60. The molecule has 0 bridgehead atoms. The number of halogens is 1. The Bertz CT molecular complexity index is 821. The Morgan fingerprint density at radius 1 is 1.10 bits per heavy atom. The third-order valence-corrected chi connectivity index (χ3v) is 5.41. The van der Waals surface area contributed by atoms with E-state index in [1.165, 1.54) is 18.4 Å². The number of nitrogens with zero attached hydrogens (tertiary/aromatic N) is 1. The Morgan fingerprint density at radius 3 is 2.52 bits per heavy atom. The van der Waals surface area contributed by atoms with Gasteiger partial charge in [-0.3, -0.25) is 4.99 Å². The fourth-order valence-corrected chi connectivity index (χ4v) is 3.73. The standard InChI is InChI=1S/C24H33N3O3.HI/c1-25-24(26-16-6-7-18-12-14-20(28)15-13-18)27-17-19-8-5-11-22(29-2)23(19)30-21-9-3-4-10-21;/h5,8,11-15,21,28H,3-4,6-7,9-10,16-17H2,1-2H3,(H2,25,26,27);1H. The van der Waals surface area contributed by atoms with E-state index in [9.17, 15) is 5.11 Å². The summed E-state index contributed by atoms with van der Waals surface area (Å²) < 4.78 is 11.9. The molecule has 1 aliphatic rings. The lowest BCUT2D eigenvalue weighted by atomic mass is 10.1. The van der Waals surface area contributed by atoms with Crippen molar-refractivity contribution in [1.82, 2.24) is 10.6 Å². The van der Waals surface area contributed by atoms with Gasteiger partial charge >= 0.3 is 0 Å². The van der Waals surface area contributed by atoms with Crippen LogP contribution in [0, 0.1) is 0 Å². The van der Waals surface area contributed by atoms with Gasteiger partial charge < -0.3 is 25.2 Å². The Morgan fingerprint density at radius 2 is 1.84 bits per heavy atom. The lowest BCUT2D eigenvalue weighted by Crippen LogP contribution is -2.37. The predicted molar refractivity (Wildman–Crippen MR) is 136 cm³/mol. The molecule has 0 spiro atoms. The molecule has 2 aromatic carbocycles. The van der Waals surface area contributed by atoms with Crippen molar-refractivity contribution in [2.75, 3.05) is 20.7 Å². The average molecular weight is 539 g/mol. The SMILES string of the molecule is CN=C(NCCCc1ccc(O)cc1)NCc1cccc(OC)c1OC1CCCC1.I. The molecule has 0 aliphatic heterocycles. The topological polar surface area (TPSA) is 75.1 Å². The third kappa shape index (κ3) is 7.79. The average Bonchev–Trinajstić information content (AvgIpc) is 3.28. The van der Waals surface area contributed by atoms with Crippen molar-refractivity contribution in [2.24, 2.45) is 4.99 Å². The molecule has 0 unspecified atom stereocenters. The second-order valence-electron chi connectivity index (χ2n) is 7.60. The molecule has 170 valence electrons. The minimum Gasteiger partial charge on any atom is -0.508 e. The van der Waals surface area contributed by atoms with Gasteiger partial charge in [0, 0.05) is 25.7 Å². The van der Waals surface area contributed by atoms with Gasteiger partial charge in [0.25, 0.3) is 0 Å². The summed E-state index contributed by atoms with van der Waals surface area (Å²) in [7, 11) is 3.46. The summed E-state index contributed by atoms with van der Waals surface area (Å²) in [5, 5.41) is 16.1. The number of methoxy groups -OCH3 is 1. The highest BCUT2D eigenvalue weighted by atomic mass is 127. The number of guanidine groups is 1. The molecule has 0 aromatic heterocycles. The Kier molecular flexibility index (Phi) is 10.8. The zero-order valence-corrected chi connectivity index (χ0v) is 20.7. The predicted octanol–water partition coefficient (Wildman–Crippen LogP) is 4.64. The Balaban J connectivity index is 0.00000341. The van der Waals surface area contributed by atoms with Crippen molar-refractivity contribution in [3.8, 4) is 17.2 Å². The largest absolute Gasteiger partial charge is 0.508 e. The summed E-state index contributed by atoms with van der Waals surface area (Å²) in [6.07, 6.45) is 6.87. The molecule has 0 saturated heterocycles. The van der Waals surface area contributed by atoms with E-state index < -0.39 is 0 Å². The molecule has 31 heavy (non-hydrogen) atoms. The number of phenolic OH excluding ortho intramolecular Hbond substituents is 1. The fourth-order valence-electron chi connectivity index (χ4n) is 3.73. The van der Waals surface area contributed by atoms with Crippen LogP contribution in [-0.4, -0.2) is 37.9 Å². The summed E-state index contributed by atoms with van der Waals surface area (Å²) in [4.78, 5) is 4.32. The van der Waals surface area contributed by atoms with Crippen molar-refractivity contribution in [1.29, 1.82) is 0 Å². The van der Waals surface area contributed by atoms with E-state index in [-0.39, 0.29) is 30.1 Å². The molecule has 3 N–H and O–H groups in total. The van der Waals surface area contributed by atoms with E-state index >= 15 is 0 Å². The molecule has 6 nitrogen and oxygen atoms in total. The molecule has 0 heterocycles. The number of aryl methyl sites for hydroxylation is 1. The highest BCUT2D eigenvalue weighted by Gasteiger charge is 2.20. The summed E-state index contributed by atoms with van der Waals surface area (Å²) in [5.41, 5.74) is 2.27. The van der Waals surface area contributed by atoms with Crippen molar-refractivity contribution >= 4 is 29.9 Å². The molecule has 7 heteroatoms. The first-order valence-electron chi connectivity index (χ1n) is 10.7. The number of para-hydroxylation sites is 1. The number of hydrogen-bond acceptors (Lipinski definition) is 4. The van der Waals surface area contributed by atoms with Crippen molar-refractivity contribution < 1.29 is 14.6 Å². The maximum absolute atomic E-state index is 9.36. The van der Waals surface area contributed by atoms with E-state index in [0.717, 1.165) is 55.3 Å². The number of ether oxygens (including phenoxy) is 2. The first kappa shape index (κ1) is 25.1. The number of aromatic hydroxyl groups is 1. The molecular formula is C24H34IN3O3. The minimum atomic E-state index is 0. The lowest BCUT2D eigenvalue weighted by Gasteiger charge is -2.20. The number of phenols is 1. The van der Waals surface area contributed by atoms with E-state index in [1.807, 2.05) is 24.3 Å². The van der Waals surface area contributed by atoms with Gasteiger partial charge in [0.2, 0.25) is 0 Å². The minimum absolute atomic E-state index is 0. The molecule has 3 rings (SSSR count). The van der Waals surface area contributed by atoms with Gasteiger partial charge in [-0.2, -0.15) is 0 Å². The number of benzene rings is 2. The van der Waals surface area contributed by atoms with E-state index in [0.29, 0.717) is 12.3 Å². The number of nitrogens with one attached hydrogen (secondary N) is 2. The quantitative estimate of drug-likeness (QED) is 0.188. The molecule has 0 radical (unpaired) electrons. The van der Waals surface area contributed by atoms with Gasteiger partial charge in [-0.1, -0.05) is 24.3 Å². The fraction of sp³-hybridized carbons (Fsp3) is 0.458. The van der Waals surface area contributed by atoms with Gasteiger partial charge in [0.1, 0.15) is 5.75 Å². The molecule has 0 atom stereocenters. The Hall–Kier alpha value is -2.16. The van der Waals surface area contributed by atoms with Crippen LogP contribution in [0.15, 0.2) is 47.5 Å². The smallest absolute Gasteiger partial charge is 0.191 e. The van der Waals surface area contributed by atoms with Crippen LogP contribution in [-0.2, 0) is 13.0 Å². The number of rotatable bonds is 9. The molecule has 1 aliphatic carbocycles. The van der Waals surface area contributed by atoms with Gasteiger partial charge in [-0.05, 0) is 62.3 Å². The second kappa shape index (κ2) is 13.3. The van der Waals surface area contributed by atoms with Gasteiger partial charge in [0.05, 0.1) is 13.2 Å². The highest BCUT2D eigenvalue weighted by molar-refractivity contribution is 14.0. The summed E-state index contributed by atoms with van der Waals surface area (Å²) in [6.45, 7) is 1.42. The maximum Gasteiger partial charge on any atom is 0.191 e. The van der Waals surface area contributed by atoms with Crippen molar-refractivity contribution in [3.63, 3.8) is 0 Å². The number of aliphatic imine (C=N–C) groups is 1. The summed E-state index contributed by atoms with van der Waals surface area (Å²) >= 11 is 0. The normalized spacial score (nSPS) is 14.1. The van der Waals surface area contributed by atoms with E-state index in [4.69, 9.17) is 9.47 Å². The van der Waals surface area contributed by atoms with Crippen molar-refractivity contribution in [2.45, 2.75) is 51.2 Å². The van der Waals surface area contributed by atoms with Crippen LogP contribution >= 0.6 is 24.0 Å². The summed E-state index contributed by atoms with van der Waals surface area (Å²) in [5.74, 6) is 2.67. The zero-order chi connectivity index (χ0) is 21.2. The van der Waals surface area contributed by atoms with Gasteiger partial charge in [-0.25, -0.2) is 0 Å². The molecule has 1 saturated carbocycles. The first-order chi connectivity index (χ1) is 14.7. The van der Waals surface area contributed by atoms with Crippen LogP contribution in [0.5, 0.6) is 17.2 Å². The zero-order valence-electron chi connectivity index (χ0n) is 18.4. The van der Waals surface area contributed by atoms with Crippen LogP contribution in [0.2, 0.25) is 0 Å². The third-order valence-electron chi connectivity index (χ3n) is 5.41. The maximum atomic E-state index is 9.36. The van der Waals surface area contributed by atoms with E-state index in [1.54, 1.807) is 26.3 Å². The highest BCUT2D eigenvalue weighted by Crippen LogP contribution is 2.34. The summed E-state index contributed by atoms with van der Waals surface area (Å²) in [6, 6.07) is 13.4. The van der Waals surface area contributed by atoms with Gasteiger partial charge in [-0.15, -0.1) is 24.0 Å². The van der Waals surface area contributed by atoms with Crippen LogP contribution in [0.4, 0.5) is 0 Å². The monoisotopic (exact) mass is 539 g/mol. The lowest BCUT2D eigenvalue weighted by molar-refractivity contribution is 0.198. The molecular weight excluding hydrogens is 505 g/mol. The first-order valence-corrected chi connectivity index (χ1v) is 10.7. The van der Waals surface area contributed by atoms with Crippen LogP contribution in [0.3, 0.4) is 0 Å². The van der Waals surface area contributed by atoms with E-state index in [2.05, 4.69) is 21.7 Å². The van der Waals surface area contributed by atoms with Gasteiger partial charge in [0.15, 0.2) is 17.5 Å². The van der Waals surface area contributed by atoms with Crippen LogP contribution in [0.1, 0.15) is 43.2 Å². The molecule has 2 aromatic rings. The molecule has 0 amide bonds. The number of hydrogen-bond donors (Lipinski definition) is 3. The van der Waals surface area contributed by atoms with Crippen LogP contribution < -0.4 is 20.1 Å². The van der Waals surface area contributed by atoms with Crippen LogP contribution in [0.25, 0.3) is 0 Å².